The van der Waals surface area contributed by atoms with Gasteiger partial charge in [-0.2, -0.15) is 0 Å². The van der Waals surface area contributed by atoms with Gasteiger partial charge in [-0.3, -0.25) is 0 Å². The van der Waals surface area contributed by atoms with Crippen LogP contribution < -0.4 is 10.5 Å². The minimum atomic E-state index is -3.51. The highest BCUT2D eigenvalue weighted by molar-refractivity contribution is 7.89. The normalized spacial score (nSPS) is 14.2. The SMILES string of the molecule is CCC(N)c1cccc(S(=O)(=O)NC(C)(CC)CC)c1. The Bertz CT molecular complexity index is 537. The summed E-state index contributed by atoms with van der Waals surface area (Å²) in [6, 6.07) is 6.76. The molecule has 1 atom stereocenters. The first-order valence-corrected chi connectivity index (χ1v) is 8.65. The van der Waals surface area contributed by atoms with Crippen molar-refractivity contribution < 1.29 is 8.42 Å². The van der Waals surface area contributed by atoms with E-state index in [-0.39, 0.29) is 10.9 Å². The molecular weight excluding hydrogens is 272 g/mol. The summed E-state index contributed by atoms with van der Waals surface area (Å²) in [6.07, 6.45) is 2.27. The molecule has 3 N–H and O–H groups in total. The second-order valence-electron chi connectivity index (χ2n) is 5.46. The fourth-order valence-electron chi connectivity index (χ4n) is 1.93. The average molecular weight is 298 g/mol. The van der Waals surface area contributed by atoms with E-state index in [9.17, 15) is 8.42 Å². The van der Waals surface area contributed by atoms with E-state index in [1.165, 1.54) is 0 Å². The molecule has 1 rings (SSSR count). The number of rotatable bonds is 7. The second-order valence-corrected chi connectivity index (χ2v) is 7.14. The lowest BCUT2D eigenvalue weighted by molar-refractivity contribution is 0.388. The van der Waals surface area contributed by atoms with E-state index in [0.717, 1.165) is 24.8 Å². The topological polar surface area (TPSA) is 72.2 Å². The molecule has 0 radical (unpaired) electrons. The van der Waals surface area contributed by atoms with Crippen molar-refractivity contribution in [1.82, 2.24) is 4.72 Å². The molecule has 114 valence electrons. The summed E-state index contributed by atoms with van der Waals surface area (Å²) in [6.45, 7) is 7.87. The molecule has 0 aliphatic carbocycles. The molecule has 0 bridgehead atoms. The maximum Gasteiger partial charge on any atom is 0.241 e. The van der Waals surface area contributed by atoms with Crippen LogP contribution in [-0.4, -0.2) is 14.0 Å². The van der Waals surface area contributed by atoms with Crippen LogP contribution in [-0.2, 0) is 10.0 Å². The van der Waals surface area contributed by atoms with E-state index in [1.807, 2.05) is 33.8 Å². The monoisotopic (exact) mass is 298 g/mol. The molecule has 5 heteroatoms. The van der Waals surface area contributed by atoms with Crippen LogP contribution in [0.15, 0.2) is 29.2 Å². The van der Waals surface area contributed by atoms with Crippen molar-refractivity contribution in [2.24, 2.45) is 5.73 Å². The van der Waals surface area contributed by atoms with Crippen molar-refractivity contribution in [1.29, 1.82) is 0 Å². The van der Waals surface area contributed by atoms with Gasteiger partial charge in [0.25, 0.3) is 0 Å². The number of sulfonamides is 1. The lowest BCUT2D eigenvalue weighted by atomic mass is 9.98. The molecule has 0 fully saturated rings. The quantitative estimate of drug-likeness (QED) is 0.813. The summed E-state index contributed by atoms with van der Waals surface area (Å²) in [5, 5.41) is 0. The molecule has 1 aromatic rings. The minimum absolute atomic E-state index is 0.131. The van der Waals surface area contributed by atoms with Crippen LogP contribution in [0.25, 0.3) is 0 Å². The van der Waals surface area contributed by atoms with Crippen molar-refractivity contribution in [2.75, 3.05) is 0 Å². The zero-order valence-corrected chi connectivity index (χ0v) is 13.6. The molecule has 0 aromatic heterocycles. The summed E-state index contributed by atoms with van der Waals surface area (Å²) in [4.78, 5) is 0.284. The number of nitrogens with two attached hydrogens (primary N) is 1. The Kier molecular flexibility index (Phi) is 5.74. The molecule has 0 saturated heterocycles. The van der Waals surface area contributed by atoms with E-state index < -0.39 is 15.6 Å². The van der Waals surface area contributed by atoms with Gasteiger partial charge >= 0.3 is 0 Å². The van der Waals surface area contributed by atoms with Crippen LogP contribution in [0.2, 0.25) is 0 Å². The molecule has 0 amide bonds. The molecule has 0 heterocycles. The summed E-state index contributed by atoms with van der Waals surface area (Å²) >= 11 is 0. The second kappa shape index (κ2) is 6.70. The van der Waals surface area contributed by atoms with Crippen LogP contribution >= 0.6 is 0 Å². The van der Waals surface area contributed by atoms with Gasteiger partial charge in [-0.05, 0) is 43.9 Å². The summed E-state index contributed by atoms with van der Waals surface area (Å²) in [5.41, 5.74) is 6.41. The summed E-state index contributed by atoms with van der Waals surface area (Å²) < 4.78 is 27.8. The van der Waals surface area contributed by atoms with E-state index in [2.05, 4.69) is 4.72 Å². The van der Waals surface area contributed by atoms with E-state index >= 15 is 0 Å². The lowest BCUT2D eigenvalue weighted by Crippen LogP contribution is -2.44. The standard InChI is InChI=1S/C15H26N2O2S/c1-5-14(16)12-9-8-10-13(11-12)20(18,19)17-15(4,6-2)7-3/h8-11,14,17H,5-7,16H2,1-4H3. The van der Waals surface area contributed by atoms with Gasteiger partial charge in [0.1, 0.15) is 0 Å². The van der Waals surface area contributed by atoms with Gasteiger partial charge in [-0.15, -0.1) is 0 Å². The Morgan fingerprint density at radius 1 is 1.25 bits per heavy atom. The Labute approximate surface area is 122 Å². The highest BCUT2D eigenvalue weighted by atomic mass is 32.2. The number of benzene rings is 1. The van der Waals surface area contributed by atoms with Crippen LogP contribution in [0, 0.1) is 0 Å². The largest absolute Gasteiger partial charge is 0.324 e. The number of hydrogen-bond acceptors (Lipinski definition) is 3. The van der Waals surface area contributed by atoms with Crippen LogP contribution in [0.4, 0.5) is 0 Å². The molecule has 20 heavy (non-hydrogen) atoms. The molecule has 0 saturated carbocycles. The van der Waals surface area contributed by atoms with Gasteiger partial charge in [-0.25, -0.2) is 13.1 Å². The summed E-state index contributed by atoms with van der Waals surface area (Å²) in [5.74, 6) is 0. The third kappa shape index (κ3) is 4.04. The van der Waals surface area contributed by atoms with Crippen LogP contribution in [0.5, 0.6) is 0 Å². The number of nitrogens with one attached hydrogen (secondary N) is 1. The predicted molar refractivity (Wildman–Crippen MR) is 83.0 cm³/mol. The fraction of sp³-hybridized carbons (Fsp3) is 0.600. The van der Waals surface area contributed by atoms with Crippen molar-refractivity contribution in [3.63, 3.8) is 0 Å². The maximum atomic E-state index is 12.5. The molecule has 1 unspecified atom stereocenters. The third-order valence-corrected chi connectivity index (χ3v) is 5.61. The van der Waals surface area contributed by atoms with Crippen molar-refractivity contribution >= 4 is 10.0 Å². The van der Waals surface area contributed by atoms with Crippen LogP contribution in [0.1, 0.15) is 58.6 Å². The third-order valence-electron chi connectivity index (χ3n) is 3.98. The molecule has 0 aliphatic rings. The molecule has 4 nitrogen and oxygen atoms in total. The average Bonchev–Trinajstić information content (AvgIpc) is 2.46. The summed E-state index contributed by atoms with van der Waals surface area (Å²) in [7, 11) is -3.51. The highest BCUT2D eigenvalue weighted by Gasteiger charge is 2.27. The smallest absolute Gasteiger partial charge is 0.241 e. The predicted octanol–water partition coefficient (Wildman–Crippen LogP) is 2.95. The zero-order valence-electron chi connectivity index (χ0n) is 12.8. The van der Waals surface area contributed by atoms with Gasteiger partial charge in [0.2, 0.25) is 10.0 Å². The van der Waals surface area contributed by atoms with Crippen molar-refractivity contribution in [3.8, 4) is 0 Å². The highest BCUT2D eigenvalue weighted by Crippen LogP contribution is 2.21. The molecule has 1 aromatic carbocycles. The van der Waals surface area contributed by atoms with Gasteiger partial charge in [0, 0.05) is 11.6 Å². The molecule has 0 aliphatic heterocycles. The fourth-order valence-corrected chi connectivity index (χ4v) is 3.53. The first-order valence-electron chi connectivity index (χ1n) is 7.17. The van der Waals surface area contributed by atoms with E-state index in [1.54, 1.807) is 18.2 Å². The van der Waals surface area contributed by atoms with Gasteiger partial charge < -0.3 is 5.73 Å². The first-order chi connectivity index (χ1) is 9.28. The Morgan fingerprint density at radius 2 is 1.85 bits per heavy atom. The maximum absolute atomic E-state index is 12.5. The van der Waals surface area contributed by atoms with E-state index in [4.69, 9.17) is 5.73 Å². The Morgan fingerprint density at radius 3 is 2.35 bits per heavy atom. The minimum Gasteiger partial charge on any atom is -0.324 e. The van der Waals surface area contributed by atoms with Crippen LogP contribution in [0.3, 0.4) is 0 Å². The van der Waals surface area contributed by atoms with Gasteiger partial charge in [0.15, 0.2) is 0 Å². The first kappa shape index (κ1) is 17.1. The Hall–Kier alpha value is -0.910. The van der Waals surface area contributed by atoms with Gasteiger partial charge in [-0.1, -0.05) is 32.9 Å². The number of hydrogen-bond donors (Lipinski definition) is 2. The molecule has 0 spiro atoms. The van der Waals surface area contributed by atoms with Gasteiger partial charge in [0.05, 0.1) is 4.90 Å². The lowest BCUT2D eigenvalue weighted by Gasteiger charge is -2.28. The van der Waals surface area contributed by atoms with E-state index in [0.29, 0.717) is 0 Å². The zero-order chi connectivity index (χ0) is 15.4. The molecular formula is C15H26N2O2S. The Balaban J connectivity index is 3.10. The van der Waals surface area contributed by atoms with Crippen molar-refractivity contribution in [2.45, 2.75) is 63.4 Å². The van der Waals surface area contributed by atoms with Crippen molar-refractivity contribution in [3.05, 3.63) is 29.8 Å².